The van der Waals surface area contributed by atoms with Crippen molar-refractivity contribution in [2.24, 2.45) is 0 Å². The zero-order valence-electron chi connectivity index (χ0n) is 27.7. The Balaban J connectivity index is 1.13. The second-order valence-electron chi connectivity index (χ2n) is 12.9. The van der Waals surface area contributed by atoms with Gasteiger partial charge in [0.1, 0.15) is 0 Å². The third-order valence-electron chi connectivity index (χ3n) is 8.16. The molecular weight excluding hydrogens is 602 g/mol. The van der Waals surface area contributed by atoms with E-state index in [4.69, 9.17) is 14.3 Å². The van der Waals surface area contributed by atoms with E-state index in [9.17, 15) is 24.0 Å². The summed E-state index contributed by atoms with van der Waals surface area (Å²) in [7, 11) is 0. The molecule has 11 heteroatoms. The Hall–Kier alpha value is -4.35. The molecule has 0 bridgehead atoms. The van der Waals surface area contributed by atoms with Crippen LogP contribution in [0.5, 0.6) is 0 Å². The molecule has 1 N–H and O–H groups in total. The van der Waals surface area contributed by atoms with Gasteiger partial charge in [-0.3, -0.25) is 19.2 Å². The van der Waals surface area contributed by atoms with Crippen LogP contribution in [0.3, 0.4) is 0 Å². The van der Waals surface area contributed by atoms with Gasteiger partial charge in [-0.2, -0.15) is 0 Å². The predicted molar refractivity (Wildman–Crippen MR) is 176 cm³/mol. The Morgan fingerprint density at radius 3 is 2.13 bits per heavy atom. The van der Waals surface area contributed by atoms with Crippen molar-refractivity contribution in [3.05, 3.63) is 65.2 Å². The zero-order valence-corrected chi connectivity index (χ0v) is 27.7. The molecule has 2 aliphatic heterocycles. The summed E-state index contributed by atoms with van der Waals surface area (Å²) in [5.74, 6) is -2.02. The molecular formula is C36H45N3O8. The van der Waals surface area contributed by atoms with Gasteiger partial charge >= 0.3 is 5.97 Å². The van der Waals surface area contributed by atoms with E-state index >= 15 is 0 Å². The number of anilines is 1. The number of benzene rings is 2. The fraction of sp³-hybridized carbons (Fsp3) is 0.472. The van der Waals surface area contributed by atoms with Crippen LogP contribution in [-0.4, -0.2) is 65.6 Å². The maximum atomic E-state index is 13.4. The average molecular weight is 648 g/mol. The number of hydrogen-bond donors (Lipinski definition) is 1. The van der Waals surface area contributed by atoms with Gasteiger partial charge in [0, 0.05) is 32.2 Å². The molecule has 2 heterocycles. The number of fused-ring (bicyclic) bond motifs is 2. The third-order valence-corrected chi connectivity index (χ3v) is 8.16. The molecule has 0 aliphatic carbocycles. The van der Waals surface area contributed by atoms with E-state index in [1.54, 1.807) is 4.90 Å². The van der Waals surface area contributed by atoms with E-state index in [1.165, 1.54) is 0 Å². The van der Waals surface area contributed by atoms with Gasteiger partial charge in [0.25, 0.3) is 11.8 Å². The minimum Gasteiger partial charge on any atom is -0.375 e. The van der Waals surface area contributed by atoms with Gasteiger partial charge in [-0.15, -0.1) is 5.06 Å². The van der Waals surface area contributed by atoms with E-state index in [0.717, 1.165) is 22.4 Å². The Morgan fingerprint density at radius 2 is 1.38 bits per heavy atom. The fourth-order valence-electron chi connectivity index (χ4n) is 5.26. The second-order valence-corrected chi connectivity index (χ2v) is 12.9. The summed E-state index contributed by atoms with van der Waals surface area (Å²) in [5.41, 5.74) is 2.69. The summed E-state index contributed by atoms with van der Waals surface area (Å²) in [6.45, 7) is 8.95. The lowest BCUT2D eigenvalue weighted by molar-refractivity contribution is -0.198. The molecule has 0 atom stereocenters. The van der Waals surface area contributed by atoms with Crippen molar-refractivity contribution in [3.8, 4) is 0 Å². The summed E-state index contributed by atoms with van der Waals surface area (Å²) in [6.07, 6.45) is 5.23. The number of amides is 4. The maximum absolute atomic E-state index is 13.4. The van der Waals surface area contributed by atoms with Crippen LogP contribution in [0.1, 0.15) is 89.3 Å². The summed E-state index contributed by atoms with van der Waals surface area (Å²) in [4.78, 5) is 68.0. The summed E-state index contributed by atoms with van der Waals surface area (Å²) < 4.78 is 12.0. The number of hydrogen-bond acceptors (Lipinski definition) is 8. The van der Waals surface area contributed by atoms with Crippen molar-refractivity contribution in [2.75, 3.05) is 24.7 Å². The van der Waals surface area contributed by atoms with Crippen LogP contribution < -0.4 is 10.2 Å². The van der Waals surface area contributed by atoms with Crippen LogP contribution in [0, 0.1) is 0 Å². The highest BCUT2D eigenvalue weighted by atomic mass is 16.7. The van der Waals surface area contributed by atoms with Crippen LogP contribution in [0.4, 0.5) is 5.69 Å². The minimum absolute atomic E-state index is 0.00806. The highest BCUT2D eigenvalue weighted by Gasteiger charge is 2.33. The Morgan fingerprint density at radius 1 is 0.766 bits per heavy atom. The van der Waals surface area contributed by atoms with Crippen molar-refractivity contribution < 1.29 is 38.3 Å². The van der Waals surface area contributed by atoms with E-state index in [2.05, 4.69) is 11.4 Å². The molecule has 0 spiro atoms. The van der Waals surface area contributed by atoms with E-state index < -0.39 is 29.0 Å². The first-order valence-electron chi connectivity index (χ1n) is 16.1. The number of nitrogens with one attached hydrogen (secondary N) is 1. The molecule has 47 heavy (non-hydrogen) atoms. The van der Waals surface area contributed by atoms with Gasteiger partial charge in [-0.1, -0.05) is 54.6 Å². The Labute approximate surface area is 276 Å². The SMILES string of the molecule is CC(C)(CCOC(C)(C)CCC(=O)ON1C(=O)CCC1=O)OCCNC(=O)CCC(=O)N1Cc2ccccc2/C=C\c2ccccc21. The van der Waals surface area contributed by atoms with Gasteiger partial charge in [-0.05, 0) is 63.3 Å². The van der Waals surface area contributed by atoms with E-state index in [1.807, 2.05) is 82.3 Å². The van der Waals surface area contributed by atoms with Crippen molar-refractivity contribution in [2.45, 2.75) is 90.4 Å². The maximum Gasteiger partial charge on any atom is 0.333 e. The van der Waals surface area contributed by atoms with Crippen LogP contribution in [0.15, 0.2) is 48.5 Å². The van der Waals surface area contributed by atoms with Gasteiger partial charge in [0.05, 0.1) is 43.1 Å². The first-order valence-corrected chi connectivity index (χ1v) is 16.1. The first-order chi connectivity index (χ1) is 22.3. The number of imide groups is 1. The quantitative estimate of drug-likeness (QED) is 0.212. The molecule has 0 saturated carbocycles. The third kappa shape index (κ3) is 10.6. The number of rotatable bonds is 15. The molecule has 252 valence electrons. The van der Waals surface area contributed by atoms with E-state index in [0.29, 0.717) is 44.2 Å². The molecule has 0 unspecified atom stereocenters. The molecule has 0 radical (unpaired) electrons. The number of ether oxygens (including phenoxy) is 2. The average Bonchev–Trinajstić information content (AvgIpc) is 3.34. The number of para-hydroxylation sites is 1. The second kappa shape index (κ2) is 16.0. The highest BCUT2D eigenvalue weighted by molar-refractivity contribution is 6.01. The summed E-state index contributed by atoms with van der Waals surface area (Å²) in [6, 6.07) is 15.7. The monoisotopic (exact) mass is 647 g/mol. The lowest BCUT2D eigenvalue weighted by Gasteiger charge is -2.29. The van der Waals surface area contributed by atoms with Gasteiger partial charge < -0.3 is 24.5 Å². The molecule has 1 saturated heterocycles. The molecule has 4 rings (SSSR count). The summed E-state index contributed by atoms with van der Waals surface area (Å²) >= 11 is 0. The number of hydroxylamine groups is 2. The number of carbonyl (C=O) groups excluding carboxylic acids is 5. The molecule has 2 aromatic rings. The van der Waals surface area contributed by atoms with Gasteiger partial charge in [0.15, 0.2) is 0 Å². The van der Waals surface area contributed by atoms with Crippen molar-refractivity contribution in [3.63, 3.8) is 0 Å². The predicted octanol–water partition coefficient (Wildman–Crippen LogP) is 4.97. The van der Waals surface area contributed by atoms with Crippen molar-refractivity contribution in [1.82, 2.24) is 10.4 Å². The van der Waals surface area contributed by atoms with Gasteiger partial charge in [-0.25, -0.2) is 4.79 Å². The lowest BCUT2D eigenvalue weighted by atomic mass is 10.0. The molecule has 4 amide bonds. The van der Waals surface area contributed by atoms with Crippen molar-refractivity contribution >= 4 is 47.4 Å². The molecule has 0 aromatic heterocycles. The number of carbonyl (C=O) groups is 5. The molecule has 1 fully saturated rings. The minimum atomic E-state index is -0.661. The highest BCUT2D eigenvalue weighted by Crippen LogP contribution is 2.29. The van der Waals surface area contributed by atoms with Crippen LogP contribution >= 0.6 is 0 Å². The molecule has 2 aromatic carbocycles. The van der Waals surface area contributed by atoms with Crippen molar-refractivity contribution in [1.29, 1.82) is 0 Å². The Bertz CT molecular complexity index is 1480. The van der Waals surface area contributed by atoms with Crippen LogP contribution in [-0.2, 0) is 44.8 Å². The van der Waals surface area contributed by atoms with E-state index in [-0.39, 0.29) is 43.9 Å². The number of nitrogens with zero attached hydrogens (tertiary/aromatic N) is 2. The Kier molecular flexibility index (Phi) is 12.1. The summed E-state index contributed by atoms with van der Waals surface area (Å²) in [5, 5.41) is 3.39. The normalized spacial score (nSPS) is 15.4. The standard InChI is InChI=1S/C36H45N3O8/c1-35(2,20-19-34(44)47-39-32(42)17-18-33(39)43)45-23-21-36(3,4)46-24-22-37-30(40)15-16-31(41)38-25-28-11-6-5-9-26(28)13-14-27-10-7-8-12-29(27)38/h5-14H,15-25H2,1-4H3,(H,37,40)/b14-13-. The molecule has 11 nitrogen and oxygen atoms in total. The van der Waals surface area contributed by atoms with Crippen LogP contribution in [0.2, 0.25) is 0 Å². The largest absolute Gasteiger partial charge is 0.375 e. The van der Waals surface area contributed by atoms with Gasteiger partial charge in [0.2, 0.25) is 11.8 Å². The fourth-order valence-corrected chi connectivity index (χ4v) is 5.26. The zero-order chi connectivity index (χ0) is 34.0. The topological polar surface area (TPSA) is 132 Å². The smallest absolute Gasteiger partial charge is 0.333 e. The molecule has 2 aliphatic rings. The lowest BCUT2D eigenvalue weighted by Crippen LogP contribution is -2.35. The van der Waals surface area contributed by atoms with Crippen LogP contribution in [0.25, 0.3) is 12.2 Å². The first kappa shape index (κ1) is 35.5.